The summed E-state index contributed by atoms with van der Waals surface area (Å²) in [5.41, 5.74) is -0.191. The second kappa shape index (κ2) is 6.64. The van der Waals surface area contributed by atoms with Gasteiger partial charge in [-0.05, 0) is 6.42 Å². The molecule has 1 heterocycles. The Morgan fingerprint density at radius 1 is 1.26 bits per heavy atom. The minimum atomic E-state index is -1.33. The van der Waals surface area contributed by atoms with E-state index in [1.165, 1.54) is 11.7 Å². The number of carbonyl (C=O) groups excluding carboxylic acids is 3. The van der Waals surface area contributed by atoms with Gasteiger partial charge in [0.15, 0.2) is 5.78 Å². The molecule has 0 spiro atoms. The van der Waals surface area contributed by atoms with Crippen LogP contribution in [-0.4, -0.2) is 36.5 Å². The monoisotopic (exact) mass is 322 g/mol. The molecule has 0 saturated carbocycles. The Labute approximate surface area is 132 Å². The summed E-state index contributed by atoms with van der Waals surface area (Å²) in [5.74, 6) is -3.76. The quantitative estimate of drug-likeness (QED) is 0.498. The van der Waals surface area contributed by atoms with Gasteiger partial charge in [-0.15, -0.1) is 5.76 Å². The summed E-state index contributed by atoms with van der Waals surface area (Å²) in [6.07, 6.45) is 4.85. The Morgan fingerprint density at radius 3 is 2.35 bits per heavy atom. The van der Waals surface area contributed by atoms with Crippen molar-refractivity contribution < 1.29 is 33.5 Å². The van der Waals surface area contributed by atoms with Crippen LogP contribution in [0.3, 0.4) is 0 Å². The van der Waals surface area contributed by atoms with Gasteiger partial charge in [-0.1, -0.05) is 0 Å². The Hall–Kier alpha value is -2.64. The molecule has 0 radical (unpaired) electrons. The van der Waals surface area contributed by atoms with Gasteiger partial charge in [-0.3, -0.25) is 9.59 Å². The van der Waals surface area contributed by atoms with Gasteiger partial charge in [-0.2, -0.15) is 0 Å². The zero-order chi connectivity index (χ0) is 17.1. The first-order valence-electron chi connectivity index (χ1n) is 7.02. The van der Waals surface area contributed by atoms with Crippen LogP contribution in [0, 0.1) is 5.92 Å². The average Bonchev–Trinajstić information content (AvgIpc) is 3.10. The molecular weight excluding hydrogens is 304 g/mol. The van der Waals surface area contributed by atoms with Gasteiger partial charge in [-0.25, -0.2) is 13.9 Å². The molecule has 2 unspecified atom stereocenters. The summed E-state index contributed by atoms with van der Waals surface area (Å²) in [5, 5.41) is 12.1. The topological polar surface area (TPSA) is 102 Å². The van der Waals surface area contributed by atoms with Crippen LogP contribution < -0.4 is 9.67 Å². The molecule has 0 aromatic carbocycles. The molecule has 2 atom stereocenters. The maximum atomic E-state index is 12.3. The SMILES string of the molecule is COC(=O)C(C1=C([O-])CCC1=O)C(C(=O)OC)n1cc[n+](C)c1. The zero-order valence-corrected chi connectivity index (χ0v) is 13.1. The molecule has 0 amide bonds. The number of Topliss-reactive ketones (excluding diaryl/α,β-unsaturated/α-hetero) is 1. The molecule has 1 aromatic rings. The molecule has 8 nitrogen and oxygen atoms in total. The fourth-order valence-corrected chi connectivity index (χ4v) is 2.72. The lowest BCUT2D eigenvalue weighted by Gasteiger charge is -2.23. The van der Waals surface area contributed by atoms with Crippen molar-refractivity contribution in [3.05, 3.63) is 30.1 Å². The van der Waals surface area contributed by atoms with Crippen LogP contribution in [0.15, 0.2) is 30.1 Å². The number of imidazole rings is 1. The standard InChI is InChI=1S/C15H18N2O6/c1-16-6-7-17(8-16)13(15(21)23-3)12(14(20)22-2)11-9(18)4-5-10(11)19/h6-8,12-13H,4-5H2,1-3H3. The van der Waals surface area contributed by atoms with Crippen molar-refractivity contribution in [1.82, 2.24) is 4.57 Å². The number of ether oxygens (including phenoxy) is 2. The highest BCUT2D eigenvalue weighted by molar-refractivity contribution is 6.04. The Bertz CT molecular complexity index is 675. The van der Waals surface area contributed by atoms with Gasteiger partial charge in [0.25, 0.3) is 0 Å². The normalized spacial score (nSPS) is 17.1. The molecule has 0 saturated heterocycles. The van der Waals surface area contributed by atoms with Crippen molar-refractivity contribution >= 4 is 17.7 Å². The number of esters is 2. The number of hydrogen-bond donors (Lipinski definition) is 0. The Morgan fingerprint density at radius 2 is 1.91 bits per heavy atom. The molecular formula is C15H18N2O6. The van der Waals surface area contributed by atoms with Crippen LogP contribution in [0.1, 0.15) is 18.9 Å². The summed E-state index contributed by atoms with van der Waals surface area (Å²) in [4.78, 5) is 36.6. The van der Waals surface area contributed by atoms with Crippen molar-refractivity contribution in [3.63, 3.8) is 0 Å². The molecule has 0 fully saturated rings. The number of carbonyl (C=O) groups is 3. The second-order valence-electron chi connectivity index (χ2n) is 5.26. The number of aromatic nitrogens is 2. The van der Waals surface area contributed by atoms with E-state index in [9.17, 15) is 19.5 Å². The number of methoxy groups -OCH3 is 2. The predicted molar refractivity (Wildman–Crippen MR) is 73.4 cm³/mol. The molecule has 0 aliphatic heterocycles. The van der Waals surface area contributed by atoms with Crippen molar-refractivity contribution in [1.29, 1.82) is 0 Å². The van der Waals surface area contributed by atoms with E-state index in [1.807, 2.05) is 0 Å². The fourth-order valence-electron chi connectivity index (χ4n) is 2.72. The van der Waals surface area contributed by atoms with Crippen LogP contribution in [-0.2, 0) is 30.9 Å². The van der Waals surface area contributed by atoms with Gasteiger partial charge < -0.3 is 14.6 Å². The molecule has 124 valence electrons. The summed E-state index contributed by atoms with van der Waals surface area (Å²) < 4.78 is 12.6. The predicted octanol–water partition coefficient (Wildman–Crippen LogP) is -1.21. The lowest BCUT2D eigenvalue weighted by atomic mass is 9.89. The van der Waals surface area contributed by atoms with E-state index in [0.29, 0.717) is 0 Å². The van der Waals surface area contributed by atoms with Gasteiger partial charge in [0, 0.05) is 12.0 Å². The number of aryl methyl sites for hydroxylation is 1. The number of rotatable bonds is 5. The van der Waals surface area contributed by atoms with Gasteiger partial charge in [0.2, 0.25) is 12.4 Å². The van der Waals surface area contributed by atoms with Crippen molar-refractivity contribution in [2.45, 2.75) is 18.9 Å². The van der Waals surface area contributed by atoms with E-state index in [-0.39, 0.29) is 18.4 Å². The zero-order valence-electron chi connectivity index (χ0n) is 13.1. The highest BCUT2D eigenvalue weighted by Crippen LogP contribution is 2.34. The first-order chi connectivity index (χ1) is 10.9. The minimum absolute atomic E-state index is 0.0367. The summed E-state index contributed by atoms with van der Waals surface area (Å²) in [7, 11) is 4.05. The van der Waals surface area contributed by atoms with E-state index >= 15 is 0 Å². The van der Waals surface area contributed by atoms with E-state index in [1.54, 1.807) is 30.3 Å². The molecule has 0 bridgehead atoms. The van der Waals surface area contributed by atoms with E-state index < -0.39 is 35.4 Å². The number of ketones is 1. The number of nitrogens with zero attached hydrogens (tertiary/aromatic N) is 2. The molecule has 8 heteroatoms. The van der Waals surface area contributed by atoms with Crippen molar-refractivity contribution in [3.8, 4) is 0 Å². The Kier molecular flexibility index (Phi) is 4.83. The number of allylic oxidation sites excluding steroid dienone is 1. The largest absolute Gasteiger partial charge is 0.875 e. The summed E-state index contributed by atoms with van der Waals surface area (Å²) >= 11 is 0. The third-order valence-corrected chi connectivity index (χ3v) is 3.82. The molecule has 1 aromatic heterocycles. The van der Waals surface area contributed by atoms with Crippen LogP contribution in [0.5, 0.6) is 0 Å². The third-order valence-electron chi connectivity index (χ3n) is 3.82. The van der Waals surface area contributed by atoms with Gasteiger partial charge >= 0.3 is 11.9 Å². The highest BCUT2D eigenvalue weighted by atomic mass is 16.5. The van der Waals surface area contributed by atoms with E-state index in [4.69, 9.17) is 9.47 Å². The van der Waals surface area contributed by atoms with E-state index in [2.05, 4.69) is 0 Å². The Balaban J connectivity index is 2.58. The maximum absolute atomic E-state index is 12.3. The first-order valence-corrected chi connectivity index (χ1v) is 7.02. The first kappa shape index (κ1) is 16.7. The molecule has 0 N–H and O–H groups in total. The van der Waals surface area contributed by atoms with Crippen LogP contribution in [0.2, 0.25) is 0 Å². The third kappa shape index (κ3) is 3.10. The molecule has 1 aliphatic carbocycles. The lowest BCUT2D eigenvalue weighted by Crippen LogP contribution is -2.38. The van der Waals surface area contributed by atoms with Crippen LogP contribution in [0.4, 0.5) is 0 Å². The van der Waals surface area contributed by atoms with E-state index in [0.717, 1.165) is 7.11 Å². The smallest absolute Gasteiger partial charge is 0.352 e. The number of hydrogen-bond acceptors (Lipinski definition) is 6. The summed E-state index contributed by atoms with van der Waals surface area (Å²) in [6, 6.07) is -1.19. The van der Waals surface area contributed by atoms with Gasteiger partial charge in [0.1, 0.15) is 18.3 Å². The second-order valence-corrected chi connectivity index (χ2v) is 5.26. The average molecular weight is 322 g/mol. The van der Waals surface area contributed by atoms with Gasteiger partial charge in [0.05, 0.1) is 21.3 Å². The highest BCUT2D eigenvalue weighted by Gasteiger charge is 2.45. The minimum Gasteiger partial charge on any atom is -0.875 e. The lowest BCUT2D eigenvalue weighted by molar-refractivity contribution is -0.671. The van der Waals surface area contributed by atoms with Crippen LogP contribution in [0.25, 0.3) is 0 Å². The molecule has 1 aliphatic rings. The van der Waals surface area contributed by atoms with Crippen molar-refractivity contribution in [2.75, 3.05) is 14.2 Å². The summed E-state index contributed by atoms with van der Waals surface area (Å²) in [6.45, 7) is 0. The molecule has 23 heavy (non-hydrogen) atoms. The maximum Gasteiger partial charge on any atom is 0.352 e. The fraction of sp³-hybridized carbons (Fsp3) is 0.467. The molecule has 2 rings (SSSR count). The van der Waals surface area contributed by atoms with Crippen molar-refractivity contribution in [2.24, 2.45) is 13.0 Å². The van der Waals surface area contributed by atoms with Crippen LogP contribution >= 0.6 is 0 Å².